The SMILES string of the molecule is CN(CCc1cccs1)c1cccc(Cl)c1CBr. The molecule has 0 N–H and O–H groups in total. The van der Waals surface area contributed by atoms with Crippen molar-refractivity contribution in [1.29, 1.82) is 0 Å². The highest BCUT2D eigenvalue weighted by Crippen LogP contribution is 2.29. The first-order chi connectivity index (χ1) is 8.72. The molecule has 0 radical (unpaired) electrons. The van der Waals surface area contributed by atoms with Gasteiger partial charge in [-0.05, 0) is 30.0 Å². The Hall–Kier alpha value is -0.510. The quantitative estimate of drug-likeness (QED) is 0.692. The number of hydrogen-bond acceptors (Lipinski definition) is 2. The molecule has 96 valence electrons. The molecule has 4 heteroatoms. The lowest BCUT2D eigenvalue weighted by Gasteiger charge is -2.22. The fraction of sp³-hybridized carbons (Fsp3) is 0.286. The minimum absolute atomic E-state index is 0.783. The molecular formula is C14H15BrClNS. The molecule has 0 aliphatic carbocycles. The standard InChI is InChI=1S/C14H15BrClNS/c1-17(8-7-11-4-3-9-18-11)14-6-2-5-13(16)12(14)10-15/h2-6,9H,7-8,10H2,1H3. The number of likely N-dealkylation sites (N-methyl/N-ethyl adjacent to an activating group) is 1. The van der Waals surface area contributed by atoms with Crippen molar-refractivity contribution in [2.24, 2.45) is 0 Å². The molecule has 0 aliphatic rings. The fourth-order valence-electron chi connectivity index (χ4n) is 1.89. The molecule has 0 fully saturated rings. The number of benzene rings is 1. The van der Waals surface area contributed by atoms with E-state index < -0.39 is 0 Å². The van der Waals surface area contributed by atoms with Gasteiger partial charge >= 0.3 is 0 Å². The Morgan fingerprint density at radius 2 is 2.11 bits per heavy atom. The lowest BCUT2D eigenvalue weighted by molar-refractivity contribution is 0.883. The molecule has 0 spiro atoms. The second-order valence-electron chi connectivity index (χ2n) is 4.12. The van der Waals surface area contributed by atoms with Crippen LogP contribution < -0.4 is 4.90 Å². The van der Waals surface area contributed by atoms with Gasteiger partial charge in [0.2, 0.25) is 0 Å². The van der Waals surface area contributed by atoms with E-state index in [-0.39, 0.29) is 0 Å². The minimum atomic E-state index is 0.783. The molecular weight excluding hydrogens is 330 g/mol. The molecule has 2 rings (SSSR count). The van der Waals surface area contributed by atoms with Crippen LogP contribution in [0.1, 0.15) is 10.4 Å². The summed E-state index contributed by atoms with van der Waals surface area (Å²) in [5.41, 5.74) is 2.36. The summed E-state index contributed by atoms with van der Waals surface area (Å²) in [5, 5.41) is 3.73. The van der Waals surface area contributed by atoms with Gasteiger partial charge in [-0.3, -0.25) is 0 Å². The van der Waals surface area contributed by atoms with Crippen LogP contribution >= 0.6 is 38.9 Å². The van der Waals surface area contributed by atoms with Gasteiger partial charge in [0, 0.05) is 40.1 Å². The fourth-order valence-corrected chi connectivity index (χ4v) is 3.58. The van der Waals surface area contributed by atoms with Gasteiger partial charge in [0.05, 0.1) is 0 Å². The third kappa shape index (κ3) is 3.28. The maximum atomic E-state index is 6.22. The first-order valence-electron chi connectivity index (χ1n) is 5.79. The zero-order valence-corrected chi connectivity index (χ0v) is 13.4. The number of anilines is 1. The van der Waals surface area contributed by atoms with E-state index in [2.05, 4.69) is 51.5 Å². The van der Waals surface area contributed by atoms with Crippen LogP contribution in [0.2, 0.25) is 5.02 Å². The smallest absolute Gasteiger partial charge is 0.0467 e. The molecule has 1 heterocycles. The van der Waals surface area contributed by atoms with Crippen molar-refractivity contribution in [3.63, 3.8) is 0 Å². The Morgan fingerprint density at radius 3 is 2.78 bits per heavy atom. The Kier molecular flexibility index (Phi) is 5.10. The van der Waals surface area contributed by atoms with Crippen molar-refractivity contribution in [1.82, 2.24) is 0 Å². The topological polar surface area (TPSA) is 3.24 Å². The van der Waals surface area contributed by atoms with E-state index in [1.165, 1.54) is 10.6 Å². The minimum Gasteiger partial charge on any atom is -0.374 e. The first-order valence-corrected chi connectivity index (χ1v) is 8.17. The van der Waals surface area contributed by atoms with Crippen molar-refractivity contribution in [2.45, 2.75) is 11.8 Å². The maximum absolute atomic E-state index is 6.22. The highest BCUT2D eigenvalue weighted by Gasteiger charge is 2.09. The monoisotopic (exact) mass is 343 g/mol. The predicted octanol–water partition coefficient (Wildman–Crippen LogP) is 4.98. The summed E-state index contributed by atoms with van der Waals surface area (Å²) in [7, 11) is 2.12. The van der Waals surface area contributed by atoms with Crippen LogP contribution in [0.15, 0.2) is 35.7 Å². The largest absolute Gasteiger partial charge is 0.374 e. The molecule has 1 aromatic carbocycles. The summed E-state index contributed by atoms with van der Waals surface area (Å²) >= 11 is 11.5. The van der Waals surface area contributed by atoms with Crippen LogP contribution in [0.3, 0.4) is 0 Å². The van der Waals surface area contributed by atoms with Crippen LogP contribution in [-0.2, 0) is 11.8 Å². The zero-order chi connectivity index (χ0) is 13.0. The zero-order valence-electron chi connectivity index (χ0n) is 10.2. The summed E-state index contributed by atoms with van der Waals surface area (Å²) < 4.78 is 0. The summed E-state index contributed by atoms with van der Waals surface area (Å²) in [6, 6.07) is 10.3. The molecule has 0 amide bonds. The van der Waals surface area contributed by atoms with Gasteiger partial charge in [-0.2, -0.15) is 0 Å². The van der Waals surface area contributed by atoms with Crippen molar-refractivity contribution < 1.29 is 0 Å². The number of alkyl halides is 1. The summed E-state index contributed by atoms with van der Waals surface area (Å²) in [6.07, 6.45) is 1.07. The Bertz CT molecular complexity index is 499. The van der Waals surface area contributed by atoms with Crippen LogP contribution in [0.25, 0.3) is 0 Å². The maximum Gasteiger partial charge on any atom is 0.0467 e. The van der Waals surface area contributed by atoms with Gasteiger partial charge in [-0.15, -0.1) is 11.3 Å². The van der Waals surface area contributed by atoms with Gasteiger partial charge in [0.15, 0.2) is 0 Å². The lowest BCUT2D eigenvalue weighted by Crippen LogP contribution is -2.21. The number of thiophene rings is 1. The van der Waals surface area contributed by atoms with E-state index in [0.717, 1.165) is 28.9 Å². The van der Waals surface area contributed by atoms with Crippen LogP contribution in [-0.4, -0.2) is 13.6 Å². The highest BCUT2D eigenvalue weighted by molar-refractivity contribution is 9.08. The highest BCUT2D eigenvalue weighted by atomic mass is 79.9. The van der Waals surface area contributed by atoms with Gasteiger partial charge in [-0.25, -0.2) is 0 Å². The lowest BCUT2D eigenvalue weighted by atomic mass is 10.2. The van der Waals surface area contributed by atoms with Gasteiger partial charge in [0.25, 0.3) is 0 Å². The van der Waals surface area contributed by atoms with Crippen molar-refractivity contribution in [2.75, 3.05) is 18.5 Å². The van der Waals surface area contributed by atoms with Gasteiger partial charge < -0.3 is 4.90 Å². The first kappa shape index (κ1) is 13.9. The second-order valence-corrected chi connectivity index (χ2v) is 6.12. The molecule has 0 aliphatic heterocycles. The number of hydrogen-bond donors (Lipinski definition) is 0. The summed E-state index contributed by atoms with van der Waals surface area (Å²) in [5.74, 6) is 0. The second kappa shape index (κ2) is 6.60. The number of halogens is 2. The average molecular weight is 345 g/mol. The summed E-state index contributed by atoms with van der Waals surface area (Å²) in [4.78, 5) is 3.69. The van der Waals surface area contributed by atoms with E-state index in [1.54, 1.807) is 0 Å². The van der Waals surface area contributed by atoms with Crippen molar-refractivity contribution in [3.8, 4) is 0 Å². The van der Waals surface area contributed by atoms with E-state index >= 15 is 0 Å². The molecule has 0 bridgehead atoms. The van der Waals surface area contributed by atoms with Crippen LogP contribution in [0.5, 0.6) is 0 Å². The molecule has 18 heavy (non-hydrogen) atoms. The molecule has 2 aromatic rings. The Balaban J connectivity index is 2.08. The molecule has 0 atom stereocenters. The molecule has 0 saturated heterocycles. The van der Waals surface area contributed by atoms with Crippen molar-refractivity contribution >= 4 is 44.6 Å². The molecule has 0 unspecified atom stereocenters. The van der Waals surface area contributed by atoms with Gasteiger partial charge in [0.1, 0.15) is 0 Å². The predicted molar refractivity (Wildman–Crippen MR) is 85.4 cm³/mol. The van der Waals surface area contributed by atoms with E-state index in [0.29, 0.717) is 0 Å². The Morgan fingerprint density at radius 1 is 1.28 bits per heavy atom. The normalized spacial score (nSPS) is 10.6. The third-order valence-electron chi connectivity index (χ3n) is 2.91. The molecule has 1 nitrogen and oxygen atoms in total. The average Bonchev–Trinajstić information content (AvgIpc) is 2.88. The third-order valence-corrected chi connectivity index (χ3v) is 4.76. The van der Waals surface area contributed by atoms with E-state index in [9.17, 15) is 0 Å². The van der Waals surface area contributed by atoms with E-state index in [4.69, 9.17) is 11.6 Å². The Labute approximate surface area is 126 Å². The van der Waals surface area contributed by atoms with Crippen LogP contribution in [0, 0.1) is 0 Å². The van der Waals surface area contributed by atoms with Gasteiger partial charge in [-0.1, -0.05) is 39.7 Å². The molecule has 0 saturated carbocycles. The summed E-state index contributed by atoms with van der Waals surface area (Å²) in [6.45, 7) is 1.00. The van der Waals surface area contributed by atoms with Crippen molar-refractivity contribution in [3.05, 3.63) is 51.2 Å². The number of nitrogens with zero attached hydrogens (tertiary/aromatic N) is 1. The van der Waals surface area contributed by atoms with Crippen LogP contribution in [0.4, 0.5) is 5.69 Å². The van der Waals surface area contributed by atoms with E-state index in [1.807, 2.05) is 23.5 Å². The number of rotatable bonds is 5. The molecule has 1 aromatic heterocycles.